The maximum atomic E-state index is 13.7. The second kappa shape index (κ2) is 8.89. The van der Waals surface area contributed by atoms with E-state index in [4.69, 9.17) is 0 Å². The van der Waals surface area contributed by atoms with Gasteiger partial charge in [0.15, 0.2) is 5.82 Å². The molecule has 1 aliphatic rings. The number of pyridine rings is 1. The topological polar surface area (TPSA) is 31.7 Å². The van der Waals surface area contributed by atoms with Gasteiger partial charge in [0.05, 0.1) is 11.3 Å². The van der Waals surface area contributed by atoms with Crippen molar-refractivity contribution in [1.29, 1.82) is 0 Å². The zero-order valence-electron chi connectivity index (χ0n) is 17.2. The molecule has 4 rings (SSSR count). The van der Waals surface area contributed by atoms with E-state index in [2.05, 4.69) is 14.9 Å². The van der Waals surface area contributed by atoms with Gasteiger partial charge in [-0.15, -0.1) is 0 Å². The summed E-state index contributed by atoms with van der Waals surface area (Å²) < 4.78 is 41.0. The van der Waals surface area contributed by atoms with E-state index in [0.717, 1.165) is 36.3 Å². The summed E-state index contributed by atoms with van der Waals surface area (Å²) in [6.07, 6.45) is -4.48. The summed E-state index contributed by atoms with van der Waals surface area (Å²) in [5, 5.41) is 0. The second-order valence-electron chi connectivity index (χ2n) is 7.55. The van der Waals surface area contributed by atoms with Crippen LogP contribution in [0.2, 0.25) is 0 Å². The van der Waals surface area contributed by atoms with Crippen molar-refractivity contribution in [3.63, 3.8) is 0 Å². The Morgan fingerprint density at radius 1 is 0.839 bits per heavy atom. The third-order valence-electron chi connectivity index (χ3n) is 5.27. The van der Waals surface area contributed by atoms with Gasteiger partial charge in [0.1, 0.15) is 5.82 Å². The molecule has 2 heterocycles. The fourth-order valence-electron chi connectivity index (χ4n) is 3.52. The number of nitrogens with zero attached hydrogens (tertiary/aromatic N) is 4. The number of likely N-dealkylation sites (N-methyl/N-ethyl adjacent to an activating group) is 1. The highest BCUT2D eigenvalue weighted by Crippen LogP contribution is 2.34. The van der Waals surface area contributed by atoms with E-state index < -0.39 is 11.7 Å². The number of hydrogen-bond donors (Lipinski definition) is 0. The molecule has 1 aliphatic heterocycles. The van der Waals surface area contributed by atoms with Crippen LogP contribution in [0.15, 0.2) is 77.8 Å². The van der Waals surface area contributed by atoms with Crippen molar-refractivity contribution >= 4 is 17.3 Å². The monoisotopic (exact) mass is 424 g/mol. The van der Waals surface area contributed by atoms with Crippen LogP contribution in [0.3, 0.4) is 0 Å². The Hall–Kier alpha value is -3.19. The molecule has 0 unspecified atom stereocenters. The molecule has 0 saturated carbocycles. The highest BCUT2D eigenvalue weighted by atomic mass is 19.4. The van der Waals surface area contributed by atoms with Gasteiger partial charge in [0.25, 0.3) is 0 Å². The molecule has 160 valence electrons. The summed E-state index contributed by atoms with van der Waals surface area (Å²) in [4.78, 5) is 13.2. The van der Waals surface area contributed by atoms with Crippen molar-refractivity contribution in [2.24, 2.45) is 4.99 Å². The van der Waals surface area contributed by atoms with Gasteiger partial charge >= 0.3 is 6.18 Å². The Kier molecular flexibility index (Phi) is 6.04. The second-order valence-corrected chi connectivity index (χ2v) is 7.55. The Morgan fingerprint density at radius 3 is 1.90 bits per heavy atom. The van der Waals surface area contributed by atoms with Crippen molar-refractivity contribution in [3.05, 3.63) is 89.5 Å². The highest BCUT2D eigenvalue weighted by molar-refractivity contribution is 6.13. The minimum absolute atomic E-state index is 0.0476. The number of piperazine rings is 1. The average Bonchev–Trinajstić information content (AvgIpc) is 2.78. The molecule has 2 aromatic carbocycles. The van der Waals surface area contributed by atoms with Crippen molar-refractivity contribution in [1.82, 2.24) is 9.88 Å². The molecule has 4 nitrogen and oxygen atoms in total. The molecular weight excluding hydrogens is 401 g/mol. The molecule has 0 aliphatic carbocycles. The van der Waals surface area contributed by atoms with Crippen LogP contribution in [0.5, 0.6) is 0 Å². The van der Waals surface area contributed by atoms with Gasteiger partial charge in [0, 0.05) is 37.3 Å². The van der Waals surface area contributed by atoms with Crippen LogP contribution in [-0.4, -0.2) is 48.8 Å². The third-order valence-corrected chi connectivity index (χ3v) is 5.27. The molecule has 0 radical (unpaired) electrons. The molecular formula is C24H23F3N4. The first kappa shape index (κ1) is 21.1. The summed E-state index contributed by atoms with van der Waals surface area (Å²) in [6, 6.07) is 21.0. The molecule has 31 heavy (non-hydrogen) atoms. The molecule has 0 spiro atoms. The molecule has 1 fully saturated rings. The Morgan fingerprint density at radius 2 is 1.39 bits per heavy atom. The number of anilines is 1. The van der Waals surface area contributed by atoms with E-state index in [1.807, 2.05) is 72.6 Å². The van der Waals surface area contributed by atoms with Crippen LogP contribution >= 0.6 is 0 Å². The number of benzene rings is 2. The minimum atomic E-state index is -4.48. The van der Waals surface area contributed by atoms with Crippen LogP contribution in [0, 0.1) is 0 Å². The molecule has 0 amide bonds. The lowest BCUT2D eigenvalue weighted by Gasteiger charge is -2.33. The quantitative estimate of drug-likeness (QED) is 0.551. The van der Waals surface area contributed by atoms with E-state index in [1.165, 1.54) is 0 Å². The minimum Gasteiger partial charge on any atom is -0.354 e. The Bertz CT molecular complexity index is 1000. The van der Waals surface area contributed by atoms with Gasteiger partial charge in [-0.3, -0.25) is 0 Å². The largest absolute Gasteiger partial charge is 0.416 e. The molecule has 1 saturated heterocycles. The van der Waals surface area contributed by atoms with Crippen LogP contribution in [0.4, 0.5) is 24.8 Å². The van der Waals surface area contributed by atoms with Crippen molar-refractivity contribution in [3.8, 4) is 0 Å². The number of alkyl halides is 3. The molecule has 0 N–H and O–H groups in total. The van der Waals surface area contributed by atoms with Gasteiger partial charge in [-0.1, -0.05) is 60.7 Å². The van der Waals surface area contributed by atoms with E-state index in [0.29, 0.717) is 24.6 Å². The lowest BCUT2D eigenvalue weighted by Crippen LogP contribution is -2.44. The molecule has 0 atom stereocenters. The fourth-order valence-corrected chi connectivity index (χ4v) is 3.52. The van der Waals surface area contributed by atoms with Gasteiger partial charge in [0.2, 0.25) is 0 Å². The van der Waals surface area contributed by atoms with Gasteiger partial charge in [-0.25, -0.2) is 9.98 Å². The van der Waals surface area contributed by atoms with Crippen molar-refractivity contribution in [2.45, 2.75) is 6.18 Å². The summed E-state index contributed by atoms with van der Waals surface area (Å²) in [5.41, 5.74) is 1.47. The summed E-state index contributed by atoms with van der Waals surface area (Å²) in [6.45, 7) is 2.79. The summed E-state index contributed by atoms with van der Waals surface area (Å²) in [7, 11) is 2.00. The van der Waals surface area contributed by atoms with Crippen molar-refractivity contribution < 1.29 is 13.2 Å². The predicted molar refractivity (Wildman–Crippen MR) is 117 cm³/mol. The number of hydrogen-bond acceptors (Lipinski definition) is 4. The maximum absolute atomic E-state index is 13.7. The maximum Gasteiger partial charge on any atom is 0.416 e. The summed E-state index contributed by atoms with van der Waals surface area (Å²) >= 11 is 0. The smallest absolute Gasteiger partial charge is 0.354 e. The molecule has 0 bridgehead atoms. The number of aliphatic imine (C=N–C) groups is 1. The number of rotatable bonds is 4. The van der Waals surface area contributed by atoms with Crippen LogP contribution in [-0.2, 0) is 6.18 Å². The van der Waals surface area contributed by atoms with Crippen LogP contribution in [0.25, 0.3) is 0 Å². The fraction of sp³-hybridized carbons (Fsp3) is 0.250. The summed E-state index contributed by atoms with van der Waals surface area (Å²) in [5.74, 6) is 0.355. The van der Waals surface area contributed by atoms with Crippen LogP contribution < -0.4 is 4.90 Å². The molecule has 1 aromatic heterocycles. The molecule has 3 aromatic rings. The number of halogens is 3. The van der Waals surface area contributed by atoms with Gasteiger partial charge in [-0.2, -0.15) is 13.2 Å². The Balaban J connectivity index is 1.82. The highest BCUT2D eigenvalue weighted by Gasteiger charge is 2.32. The lowest BCUT2D eigenvalue weighted by molar-refractivity contribution is -0.137. The standard InChI is InChI=1S/C24H23F3N4/c1-30-12-14-31(15-13-30)22-17-20(24(25,26)27)16-21(28-22)29-23(18-8-4-2-5-9-18)19-10-6-3-7-11-19/h2-11,16-17H,12-15H2,1H3. The van der Waals surface area contributed by atoms with E-state index in [-0.39, 0.29) is 5.82 Å². The van der Waals surface area contributed by atoms with Crippen molar-refractivity contribution in [2.75, 3.05) is 38.1 Å². The Labute approximate surface area is 179 Å². The average molecular weight is 424 g/mol. The zero-order valence-corrected chi connectivity index (χ0v) is 17.2. The number of aromatic nitrogens is 1. The predicted octanol–water partition coefficient (Wildman–Crippen LogP) is 5.02. The normalized spacial score (nSPS) is 15.0. The zero-order chi connectivity index (χ0) is 21.8. The third kappa shape index (κ3) is 5.11. The molecule has 7 heteroatoms. The lowest BCUT2D eigenvalue weighted by atomic mass is 10.0. The first-order valence-corrected chi connectivity index (χ1v) is 10.1. The van der Waals surface area contributed by atoms with E-state index in [9.17, 15) is 13.2 Å². The van der Waals surface area contributed by atoms with E-state index in [1.54, 1.807) is 0 Å². The first-order chi connectivity index (χ1) is 14.9. The SMILES string of the molecule is CN1CCN(c2cc(C(F)(F)F)cc(N=C(c3ccccc3)c3ccccc3)n2)CC1. The van der Waals surface area contributed by atoms with Crippen LogP contribution in [0.1, 0.15) is 16.7 Å². The van der Waals surface area contributed by atoms with E-state index >= 15 is 0 Å². The van der Waals surface area contributed by atoms with Gasteiger partial charge in [-0.05, 0) is 19.2 Å². The first-order valence-electron chi connectivity index (χ1n) is 10.1. The van der Waals surface area contributed by atoms with Gasteiger partial charge < -0.3 is 9.80 Å².